The molecule has 0 saturated carbocycles. The van der Waals surface area contributed by atoms with Crippen molar-refractivity contribution in [2.45, 2.75) is 25.7 Å². The standard InChI is InChI=1S/C13H17FN2O4/c14-12-9(5-3-6-11(12)16(19)20)8-10(13(17)18)4-1-2-7-15/h3,5-6,10H,1-2,4,7-8,15H2,(H,17,18). The summed E-state index contributed by atoms with van der Waals surface area (Å²) in [5, 5.41) is 19.8. The van der Waals surface area contributed by atoms with E-state index >= 15 is 0 Å². The summed E-state index contributed by atoms with van der Waals surface area (Å²) in [6, 6.07) is 3.79. The van der Waals surface area contributed by atoms with Crippen molar-refractivity contribution in [1.82, 2.24) is 0 Å². The summed E-state index contributed by atoms with van der Waals surface area (Å²) in [5.74, 6) is -2.76. The molecule has 7 heteroatoms. The first-order valence-corrected chi connectivity index (χ1v) is 6.32. The molecule has 0 heterocycles. The van der Waals surface area contributed by atoms with Crippen LogP contribution >= 0.6 is 0 Å². The van der Waals surface area contributed by atoms with Gasteiger partial charge < -0.3 is 10.8 Å². The van der Waals surface area contributed by atoms with Gasteiger partial charge in [0.05, 0.1) is 10.8 Å². The maximum Gasteiger partial charge on any atom is 0.306 e. The van der Waals surface area contributed by atoms with Gasteiger partial charge in [-0.25, -0.2) is 0 Å². The van der Waals surface area contributed by atoms with Gasteiger partial charge in [0.25, 0.3) is 0 Å². The molecule has 1 aromatic carbocycles. The van der Waals surface area contributed by atoms with Crippen LogP contribution in [0, 0.1) is 21.8 Å². The third-order valence-corrected chi connectivity index (χ3v) is 3.08. The lowest BCUT2D eigenvalue weighted by atomic mass is 9.93. The molecule has 0 aromatic heterocycles. The number of carboxylic acids is 1. The fraction of sp³-hybridized carbons (Fsp3) is 0.462. The van der Waals surface area contributed by atoms with Crippen LogP contribution in [0.25, 0.3) is 0 Å². The van der Waals surface area contributed by atoms with Gasteiger partial charge in [0.2, 0.25) is 5.82 Å². The minimum absolute atomic E-state index is 0.0550. The summed E-state index contributed by atoms with van der Waals surface area (Å²) < 4.78 is 13.9. The molecule has 0 aliphatic carbocycles. The Morgan fingerprint density at radius 2 is 2.15 bits per heavy atom. The average Bonchev–Trinajstić information content (AvgIpc) is 2.39. The number of carbonyl (C=O) groups is 1. The molecule has 110 valence electrons. The number of aliphatic carboxylic acids is 1. The van der Waals surface area contributed by atoms with E-state index in [2.05, 4.69) is 0 Å². The van der Waals surface area contributed by atoms with Crippen LogP contribution in [0.15, 0.2) is 18.2 Å². The van der Waals surface area contributed by atoms with E-state index in [9.17, 15) is 19.3 Å². The van der Waals surface area contributed by atoms with Gasteiger partial charge in [0.15, 0.2) is 0 Å². The molecule has 0 aliphatic heterocycles. The molecule has 0 amide bonds. The number of hydrogen-bond acceptors (Lipinski definition) is 4. The maximum absolute atomic E-state index is 13.9. The van der Waals surface area contributed by atoms with E-state index in [4.69, 9.17) is 10.8 Å². The number of nitro groups is 1. The van der Waals surface area contributed by atoms with Crippen molar-refractivity contribution in [3.05, 3.63) is 39.7 Å². The van der Waals surface area contributed by atoms with Crippen LogP contribution in [-0.4, -0.2) is 22.5 Å². The van der Waals surface area contributed by atoms with E-state index in [0.29, 0.717) is 25.8 Å². The molecule has 0 aliphatic rings. The van der Waals surface area contributed by atoms with Crippen LogP contribution in [-0.2, 0) is 11.2 Å². The lowest BCUT2D eigenvalue weighted by molar-refractivity contribution is -0.387. The van der Waals surface area contributed by atoms with Gasteiger partial charge in [0, 0.05) is 6.07 Å². The Bertz CT molecular complexity index is 493. The highest BCUT2D eigenvalue weighted by atomic mass is 19.1. The number of hydrogen-bond donors (Lipinski definition) is 2. The quantitative estimate of drug-likeness (QED) is 0.432. The summed E-state index contributed by atoms with van der Waals surface area (Å²) >= 11 is 0. The Morgan fingerprint density at radius 1 is 1.45 bits per heavy atom. The predicted molar refractivity (Wildman–Crippen MR) is 70.8 cm³/mol. The van der Waals surface area contributed by atoms with Crippen molar-refractivity contribution < 1.29 is 19.2 Å². The van der Waals surface area contributed by atoms with Crippen LogP contribution in [0.4, 0.5) is 10.1 Å². The maximum atomic E-state index is 13.9. The lowest BCUT2D eigenvalue weighted by Gasteiger charge is -2.12. The zero-order valence-corrected chi connectivity index (χ0v) is 10.9. The van der Waals surface area contributed by atoms with Gasteiger partial charge in [-0.1, -0.05) is 18.6 Å². The molecule has 0 fully saturated rings. The second-order valence-electron chi connectivity index (χ2n) is 4.53. The molecular formula is C13H17FN2O4. The Hall–Kier alpha value is -2.02. The molecule has 0 spiro atoms. The minimum atomic E-state index is -1.03. The first-order valence-electron chi connectivity index (χ1n) is 6.32. The van der Waals surface area contributed by atoms with Crippen LogP contribution in [0.3, 0.4) is 0 Å². The monoisotopic (exact) mass is 284 g/mol. The third kappa shape index (κ3) is 4.27. The number of rotatable bonds is 8. The van der Waals surface area contributed by atoms with Crippen LogP contribution < -0.4 is 5.73 Å². The number of nitrogens with zero attached hydrogens (tertiary/aromatic N) is 1. The third-order valence-electron chi connectivity index (χ3n) is 3.08. The van der Waals surface area contributed by atoms with Crippen molar-refractivity contribution >= 4 is 11.7 Å². The highest BCUT2D eigenvalue weighted by Crippen LogP contribution is 2.24. The first kappa shape index (κ1) is 16.0. The Kier molecular flexibility index (Phi) is 6.05. The molecule has 20 heavy (non-hydrogen) atoms. The van der Waals surface area contributed by atoms with Crippen LogP contribution in [0.5, 0.6) is 0 Å². The molecule has 6 nitrogen and oxygen atoms in total. The molecule has 1 unspecified atom stereocenters. The number of nitro benzene ring substituents is 1. The van der Waals surface area contributed by atoms with Gasteiger partial charge in [-0.05, 0) is 31.4 Å². The fourth-order valence-corrected chi connectivity index (χ4v) is 1.98. The van der Waals surface area contributed by atoms with Crippen LogP contribution in [0.1, 0.15) is 24.8 Å². The molecule has 1 atom stereocenters. The summed E-state index contributed by atoms with van der Waals surface area (Å²) in [6.07, 6.45) is 1.63. The van der Waals surface area contributed by atoms with Crippen molar-refractivity contribution in [3.8, 4) is 0 Å². The van der Waals surface area contributed by atoms with E-state index in [0.717, 1.165) is 6.07 Å². The number of unbranched alkanes of at least 4 members (excludes halogenated alkanes) is 1. The van der Waals surface area contributed by atoms with Crippen molar-refractivity contribution in [1.29, 1.82) is 0 Å². The Balaban J connectivity index is 2.86. The van der Waals surface area contributed by atoms with Gasteiger partial charge in [-0.3, -0.25) is 14.9 Å². The van der Waals surface area contributed by atoms with E-state index in [-0.39, 0.29) is 12.0 Å². The predicted octanol–water partition coefficient (Wildman–Crippen LogP) is 2.11. The van der Waals surface area contributed by atoms with Crippen LogP contribution in [0.2, 0.25) is 0 Å². The van der Waals surface area contributed by atoms with Gasteiger partial charge in [-0.15, -0.1) is 0 Å². The Labute approximate surface area is 115 Å². The number of halogens is 1. The molecule has 0 radical (unpaired) electrons. The summed E-state index contributed by atoms with van der Waals surface area (Å²) in [4.78, 5) is 21.0. The fourth-order valence-electron chi connectivity index (χ4n) is 1.98. The highest BCUT2D eigenvalue weighted by molar-refractivity contribution is 5.70. The van der Waals surface area contributed by atoms with Gasteiger partial charge >= 0.3 is 11.7 Å². The van der Waals surface area contributed by atoms with E-state index < -0.39 is 28.3 Å². The molecule has 0 saturated heterocycles. The minimum Gasteiger partial charge on any atom is -0.481 e. The zero-order valence-electron chi connectivity index (χ0n) is 10.9. The SMILES string of the molecule is NCCCCC(Cc1cccc([N+](=O)[O-])c1F)C(=O)O. The molecule has 0 bridgehead atoms. The summed E-state index contributed by atoms with van der Waals surface area (Å²) in [5.41, 5.74) is 4.76. The van der Waals surface area contributed by atoms with Crippen molar-refractivity contribution in [3.63, 3.8) is 0 Å². The molecule has 1 aromatic rings. The summed E-state index contributed by atoms with van der Waals surface area (Å²) in [6.45, 7) is 0.470. The molecular weight excluding hydrogens is 267 g/mol. The normalized spacial score (nSPS) is 12.1. The smallest absolute Gasteiger partial charge is 0.306 e. The first-order chi connectivity index (χ1) is 9.47. The van der Waals surface area contributed by atoms with Crippen molar-refractivity contribution in [2.75, 3.05) is 6.54 Å². The number of nitrogens with two attached hydrogens (primary N) is 1. The van der Waals surface area contributed by atoms with Gasteiger partial charge in [-0.2, -0.15) is 4.39 Å². The largest absolute Gasteiger partial charge is 0.481 e. The highest BCUT2D eigenvalue weighted by Gasteiger charge is 2.23. The van der Waals surface area contributed by atoms with E-state index in [1.54, 1.807) is 0 Å². The number of benzene rings is 1. The lowest BCUT2D eigenvalue weighted by Crippen LogP contribution is -2.18. The van der Waals surface area contributed by atoms with E-state index in [1.807, 2.05) is 0 Å². The number of carboxylic acid groups (broad SMARTS) is 1. The topological polar surface area (TPSA) is 106 Å². The van der Waals surface area contributed by atoms with E-state index in [1.165, 1.54) is 12.1 Å². The van der Waals surface area contributed by atoms with Crippen molar-refractivity contribution in [2.24, 2.45) is 11.7 Å². The summed E-state index contributed by atoms with van der Waals surface area (Å²) in [7, 11) is 0. The second-order valence-corrected chi connectivity index (χ2v) is 4.53. The molecule has 3 N–H and O–H groups in total. The van der Waals surface area contributed by atoms with Gasteiger partial charge in [0.1, 0.15) is 0 Å². The second kappa shape index (κ2) is 7.54. The average molecular weight is 284 g/mol. The molecule has 1 rings (SSSR count). The Morgan fingerprint density at radius 3 is 2.70 bits per heavy atom. The zero-order chi connectivity index (χ0) is 15.1.